The Kier molecular flexibility index (Phi) is 5.43. The highest BCUT2D eigenvalue weighted by molar-refractivity contribution is 5.28. The van der Waals surface area contributed by atoms with Gasteiger partial charge in [-0.2, -0.15) is 0 Å². The van der Waals surface area contributed by atoms with E-state index in [0.717, 1.165) is 5.56 Å². The first-order chi connectivity index (χ1) is 8.42. The van der Waals surface area contributed by atoms with Crippen molar-refractivity contribution in [2.75, 3.05) is 13.2 Å². The van der Waals surface area contributed by atoms with E-state index < -0.39 is 19.1 Å². The molecule has 1 aromatic carbocycles. The largest absolute Gasteiger partial charge is 0.522 e. The maximum absolute atomic E-state index is 11.7. The fourth-order valence-electron chi connectivity index (χ4n) is 1.34. The Bertz CT molecular complexity index is 349. The van der Waals surface area contributed by atoms with Crippen molar-refractivity contribution in [3.05, 3.63) is 29.8 Å². The molecule has 0 aliphatic heterocycles. The molecule has 0 unspecified atom stereocenters. The molecule has 18 heavy (non-hydrogen) atoms. The van der Waals surface area contributed by atoms with Crippen LogP contribution < -0.4 is 4.74 Å². The number of hydrogen-bond donors (Lipinski definition) is 1. The van der Waals surface area contributed by atoms with Gasteiger partial charge in [0.25, 0.3) is 0 Å². The van der Waals surface area contributed by atoms with E-state index in [1.165, 1.54) is 0 Å². The van der Waals surface area contributed by atoms with Gasteiger partial charge in [0, 0.05) is 0 Å². The number of aliphatic hydroxyl groups is 1. The quantitative estimate of drug-likeness (QED) is 0.802. The fourth-order valence-corrected chi connectivity index (χ4v) is 1.34. The molecule has 0 amide bonds. The van der Waals surface area contributed by atoms with Crippen LogP contribution in [0.1, 0.15) is 25.0 Å². The van der Waals surface area contributed by atoms with Crippen LogP contribution in [0.25, 0.3) is 0 Å². The summed E-state index contributed by atoms with van der Waals surface area (Å²) in [5.41, 5.74) is 0.747. The highest BCUT2D eigenvalue weighted by Gasteiger charge is 2.28. The second kappa shape index (κ2) is 6.61. The minimum Gasteiger partial charge on any atom is -0.491 e. The van der Waals surface area contributed by atoms with E-state index in [4.69, 9.17) is 4.74 Å². The molecule has 0 fully saturated rings. The molecule has 3 nitrogen and oxygen atoms in total. The smallest absolute Gasteiger partial charge is 0.491 e. The van der Waals surface area contributed by atoms with Crippen LogP contribution in [-0.4, -0.2) is 24.7 Å². The summed E-state index contributed by atoms with van der Waals surface area (Å²) >= 11 is 0. The summed E-state index contributed by atoms with van der Waals surface area (Å²) in [6.45, 7) is 1.11. The van der Waals surface area contributed by atoms with E-state index in [1.54, 1.807) is 24.3 Å². The monoisotopic (exact) mass is 264 g/mol. The summed E-state index contributed by atoms with van der Waals surface area (Å²) in [5.74, 6) is 0.438. The number of aliphatic hydroxyl groups excluding tert-OH is 1. The van der Waals surface area contributed by atoms with Gasteiger partial charge in [-0.1, -0.05) is 19.1 Å². The molecular weight excluding hydrogens is 249 g/mol. The molecule has 1 N–H and O–H groups in total. The van der Waals surface area contributed by atoms with Crippen molar-refractivity contribution >= 4 is 0 Å². The second-order valence-corrected chi connectivity index (χ2v) is 3.64. The van der Waals surface area contributed by atoms with Gasteiger partial charge in [0.2, 0.25) is 0 Å². The van der Waals surface area contributed by atoms with Gasteiger partial charge >= 0.3 is 6.36 Å². The van der Waals surface area contributed by atoms with Gasteiger partial charge in [-0.05, 0) is 24.1 Å². The summed E-state index contributed by atoms with van der Waals surface area (Å²) in [4.78, 5) is 0. The van der Waals surface area contributed by atoms with Gasteiger partial charge in [0.15, 0.2) is 0 Å². The second-order valence-electron chi connectivity index (χ2n) is 3.64. The number of ether oxygens (including phenoxy) is 2. The van der Waals surface area contributed by atoms with E-state index in [2.05, 4.69) is 4.74 Å². The van der Waals surface area contributed by atoms with Crippen LogP contribution in [0.3, 0.4) is 0 Å². The SMILES string of the molecule is CC[C@@H](O)c1ccc(OCCOC(F)(F)F)cc1. The Morgan fingerprint density at radius 1 is 1.17 bits per heavy atom. The minimum atomic E-state index is -4.63. The third-order valence-corrected chi connectivity index (χ3v) is 2.27. The number of rotatable bonds is 6. The molecule has 0 spiro atoms. The van der Waals surface area contributed by atoms with E-state index in [-0.39, 0.29) is 6.61 Å². The maximum atomic E-state index is 11.7. The van der Waals surface area contributed by atoms with Crippen LogP contribution in [0.5, 0.6) is 5.75 Å². The Labute approximate surface area is 103 Å². The average molecular weight is 264 g/mol. The van der Waals surface area contributed by atoms with Gasteiger partial charge < -0.3 is 9.84 Å². The predicted molar refractivity (Wildman–Crippen MR) is 59.2 cm³/mol. The van der Waals surface area contributed by atoms with Crippen LogP contribution in [0.15, 0.2) is 24.3 Å². The Balaban J connectivity index is 2.35. The van der Waals surface area contributed by atoms with Crippen molar-refractivity contribution in [2.24, 2.45) is 0 Å². The van der Waals surface area contributed by atoms with Gasteiger partial charge in [-0.25, -0.2) is 0 Å². The lowest BCUT2D eigenvalue weighted by Gasteiger charge is -2.11. The number of alkyl halides is 3. The van der Waals surface area contributed by atoms with Crippen molar-refractivity contribution < 1.29 is 27.8 Å². The molecule has 1 aromatic rings. The predicted octanol–water partition coefficient (Wildman–Crippen LogP) is 3.05. The molecule has 0 aliphatic rings. The average Bonchev–Trinajstić information content (AvgIpc) is 2.33. The topological polar surface area (TPSA) is 38.7 Å². The fraction of sp³-hybridized carbons (Fsp3) is 0.500. The number of benzene rings is 1. The molecular formula is C12H15F3O3. The lowest BCUT2D eigenvalue weighted by Crippen LogP contribution is -2.18. The first-order valence-corrected chi connectivity index (χ1v) is 5.54. The molecule has 0 aromatic heterocycles. The van der Waals surface area contributed by atoms with Crippen LogP contribution >= 0.6 is 0 Å². The molecule has 6 heteroatoms. The summed E-state index contributed by atoms with van der Waals surface area (Å²) in [5, 5.41) is 9.54. The van der Waals surface area contributed by atoms with Crippen molar-refractivity contribution in [1.29, 1.82) is 0 Å². The lowest BCUT2D eigenvalue weighted by atomic mass is 10.1. The first-order valence-electron chi connectivity index (χ1n) is 5.54. The van der Waals surface area contributed by atoms with E-state index in [1.807, 2.05) is 6.92 Å². The Hall–Kier alpha value is -1.27. The van der Waals surface area contributed by atoms with Gasteiger partial charge in [0.1, 0.15) is 12.4 Å². The zero-order valence-electron chi connectivity index (χ0n) is 9.91. The van der Waals surface area contributed by atoms with Crippen molar-refractivity contribution in [3.63, 3.8) is 0 Å². The molecule has 0 heterocycles. The van der Waals surface area contributed by atoms with E-state index in [0.29, 0.717) is 12.2 Å². The summed E-state index contributed by atoms with van der Waals surface area (Å²) in [6, 6.07) is 6.55. The normalized spacial score (nSPS) is 13.4. The maximum Gasteiger partial charge on any atom is 0.522 e. The van der Waals surface area contributed by atoms with Gasteiger partial charge in [-0.15, -0.1) is 13.2 Å². The van der Waals surface area contributed by atoms with Crippen LogP contribution in [-0.2, 0) is 4.74 Å². The van der Waals surface area contributed by atoms with Crippen molar-refractivity contribution in [1.82, 2.24) is 0 Å². The van der Waals surface area contributed by atoms with Crippen molar-refractivity contribution in [3.8, 4) is 5.75 Å². The van der Waals surface area contributed by atoms with Gasteiger partial charge in [0.05, 0.1) is 12.7 Å². The molecule has 0 saturated carbocycles. The third kappa shape index (κ3) is 5.37. The first kappa shape index (κ1) is 14.8. The van der Waals surface area contributed by atoms with Crippen LogP contribution in [0.4, 0.5) is 13.2 Å². The molecule has 0 radical (unpaired) electrons. The molecule has 1 atom stereocenters. The number of hydrogen-bond acceptors (Lipinski definition) is 3. The van der Waals surface area contributed by atoms with E-state index in [9.17, 15) is 18.3 Å². The molecule has 0 bridgehead atoms. The highest BCUT2D eigenvalue weighted by atomic mass is 19.4. The van der Waals surface area contributed by atoms with E-state index >= 15 is 0 Å². The van der Waals surface area contributed by atoms with Gasteiger partial charge in [-0.3, -0.25) is 4.74 Å². The molecule has 1 rings (SSSR count). The third-order valence-electron chi connectivity index (χ3n) is 2.27. The number of halogens is 3. The Morgan fingerprint density at radius 3 is 2.28 bits per heavy atom. The van der Waals surface area contributed by atoms with Crippen LogP contribution in [0, 0.1) is 0 Å². The summed E-state index contributed by atoms with van der Waals surface area (Å²) < 4.78 is 43.6. The van der Waals surface area contributed by atoms with Crippen LogP contribution in [0.2, 0.25) is 0 Å². The Morgan fingerprint density at radius 2 is 1.78 bits per heavy atom. The van der Waals surface area contributed by atoms with Crippen molar-refractivity contribution in [2.45, 2.75) is 25.8 Å². The summed E-state index contributed by atoms with van der Waals surface area (Å²) in [7, 11) is 0. The lowest BCUT2D eigenvalue weighted by molar-refractivity contribution is -0.325. The summed E-state index contributed by atoms with van der Waals surface area (Å²) in [6.07, 6.45) is -4.56. The zero-order chi connectivity index (χ0) is 13.6. The molecule has 0 aliphatic carbocycles. The molecule has 0 saturated heterocycles. The standard InChI is InChI=1S/C12H15F3O3/c1-2-11(16)9-3-5-10(6-4-9)17-7-8-18-12(13,14)15/h3-6,11,16H,2,7-8H2,1H3/t11-/m1/s1. The zero-order valence-corrected chi connectivity index (χ0v) is 9.91. The molecule has 102 valence electrons. The minimum absolute atomic E-state index is 0.185. The highest BCUT2D eigenvalue weighted by Crippen LogP contribution is 2.20.